The van der Waals surface area contributed by atoms with Gasteiger partial charge < -0.3 is 20.4 Å². The molecule has 0 bridgehead atoms. The largest absolute Gasteiger partial charge is 0.508 e. The average Bonchev–Trinajstić information content (AvgIpc) is 2.92. The van der Waals surface area contributed by atoms with Crippen LogP contribution in [0.15, 0.2) is 97.1 Å². The van der Waals surface area contributed by atoms with Gasteiger partial charge in [0.25, 0.3) is 0 Å². The molecule has 0 saturated heterocycles. The van der Waals surface area contributed by atoms with Gasteiger partial charge in [0, 0.05) is 11.1 Å². The van der Waals surface area contributed by atoms with Crippen molar-refractivity contribution in [1.82, 2.24) is 0 Å². The maximum atomic E-state index is 10.8. The van der Waals surface area contributed by atoms with Crippen molar-refractivity contribution in [3.63, 3.8) is 0 Å². The molecule has 0 radical (unpaired) electrons. The van der Waals surface area contributed by atoms with Gasteiger partial charge in [0.2, 0.25) is 0 Å². The Labute approximate surface area is 221 Å². The van der Waals surface area contributed by atoms with E-state index >= 15 is 0 Å². The van der Waals surface area contributed by atoms with Gasteiger partial charge in [-0.3, -0.25) is 0 Å². The molecule has 0 aliphatic rings. The SMILES string of the molecule is Oc1cc2cc3ccccc3cc2cc1C(O)CCCCC(O)c1cc2cc3ccccc3cc2cc1O. The molecule has 2 unspecified atom stereocenters. The molecule has 2 atom stereocenters. The predicted octanol–water partition coefficient (Wildman–Crippen LogP) is 8.04. The van der Waals surface area contributed by atoms with E-state index in [1.807, 2.05) is 60.7 Å². The van der Waals surface area contributed by atoms with Crippen LogP contribution < -0.4 is 0 Å². The van der Waals surface area contributed by atoms with Gasteiger partial charge >= 0.3 is 0 Å². The summed E-state index contributed by atoms with van der Waals surface area (Å²) in [5.74, 6) is 0.183. The van der Waals surface area contributed by atoms with Crippen molar-refractivity contribution < 1.29 is 20.4 Å². The smallest absolute Gasteiger partial charge is 0.122 e. The first-order chi connectivity index (χ1) is 18.5. The Hall–Kier alpha value is -4.12. The van der Waals surface area contributed by atoms with E-state index in [0.29, 0.717) is 36.8 Å². The molecule has 38 heavy (non-hydrogen) atoms. The van der Waals surface area contributed by atoms with Crippen molar-refractivity contribution in [1.29, 1.82) is 0 Å². The zero-order valence-corrected chi connectivity index (χ0v) is 21.0. The molecule has 0 spiro atoms. The molecular weight excluding hydrogens is 472 g/mol. The molecule has 4 heteroatoms. The zero-order valence-electron chi connectivity index (χ0n) is 21.0. The van der Waals surface area contributed by atoms with Crippen molar-refractivity contribution in [2.75, 3.05) is 0 Å². The number of phenols is 2. The second-order valence-electron chi connectivity index (χ2n) is 10.2. The van der Waals surface area contributed by atoms with Crippen LogP contribution in [-0.4, -0.2) is 20.4 Å². The minimum atomic E-state index is -0.801. The van der Waals surface area contributed by atoms with E-state index in [2.05, 4.69) is 24.3 Å². The van der Waals surface area contributed by atoms with Crippen LogP contribution in [0.3, 0.4) is 0 Å². The maximum Gasteiger partial charge on any atom is 0.122 e. The van der Waals surface area contributed by atoms with Crippen LogP contribution in [0.2, 0.25) is 0 Å². The van der Waals surface area contributed by atoms with Crippen LogP contribution in [0.5, 0.6) is 11.5 Å². The van der Waals surface area contributed by atoms with Crippen molar-refractivity contribution in [2.24, 2.45) is 0 Å². The summed E-state index contributed by atoms with van der Waals surface area (Å²) in [6, 6.07) is 31.6. The summed E-state index contributed by atoms with van der Waals surface area (Å²) >= 11 is 0. The van der Waals surface area contributed by atoms with E-state index in [-0.39, 0.29) is 11.5 Å². The van der Waals surface area contributed by atoms with Crippen LogP contribution in [0.4, 0.5) is 0 Å². The molecular formula is C34H30O4. The predicted molar refractivity (Wildman–Crippen MR) is 155 cm³/mol. The van der Waals surface area contributed by atoms with Crippen molar-refractivity contribution in [3.05, 3.63) is 108 Å². The summed E-state index contributed by atoms with van der Waals surface area (Å²) in [5, 5.41) is 51.2. The van der Waals surface area contributed by atoms with Gasteiger partial charge in [-0.2, -0.15) is 0 Å². The average molecular weight is 503 g/mol. The van der Waals surface area contributed by atoms with Crippen LogP contribution in [0, 0.1) is 0 Å². The second kappa shape index (κ2) is 9.97. The Morgan fingerprint density at radius 2 is 0.737 bits per heavy atom. The summed E-state index contributed by atoms with van der Waals surface area (Å²) in [6.45, 7) is 0. The number of hydrogen-bond donors (Lipinski definition) is 4. The number of rotatable bonds is 7. The second-order valence-corrected chi connectivity index (χ2v) is 10.2. The van der Waals surface area contributed by atoms with E-state index in [0.717, 1.165) is 43.1 Å². The third-order valence-electron chi connectivity index (χ3n) is 7.62. The third kappa shape index (κ3) is 4.65. The fraction of sp³-hybridized carbons (Fsp3) is 0.176. The number of phenolic OH excluding ortho intramolecular Hbond substituents is 2. The molecule has 0 heterocycles. The molecule has 6 aromatic rings. The summed E-state index contributed by atoms with van der Waals surface area (Å²) in [6.07, 6.45) is 0.680. The molecule has 4 nitrogen and oxygen atoms in total. The number of unbranched alkanes of at least 4 members (excludes halogenated alkanes) is 1. The first kappa shape index (κ1) is 24.2. The minimum absolute atomic E-state index is 0.0916. The van der Waals surface area contributed by atoms with Gasteiger partial charge in [0.15, 0.2) is 0 Å². The molecule has 190 valence electrons. The Kier molecular flexibility index (Phi) is 6.36. The number of benzene rings is 6. The first-order valence-electron chi connectivity index (χ1n) is 13.1. The van der Waals surface area contributed by atoms with Gasteiger partial charge in [-0.25, -0.2) is 0 Å². The van der Waals surface area contributed by atoms with E-state index in [1.54, 1.807) is 12.1 Å². The first-order valence-corrected chi connectivity index (χ1v) is 13.1. The molecule has 0 aliphatic carbocycles. The van der Waals surface area contributed by atoms with Crippen LogP contribution >= 0.6 is 0 Å². The number of aliphatic hydroxyl groups is 2. The molecule has 0 aromatic heterocycles. The quantitative estimate of drug-likeness (QED) is 0.132. The number of fused-ring (bicyclic) bond motifs is 4. The van der Waals surface area contributed by atoms with Crippen LogP contribution in [0.25, 0.3) is 43.1 Å². The lowest BCUT2D eigenvalue weighted by molar-refractivity contribution is 0.143. The summed E-state index contributed by atoms with van der Waals surface area (Å²) in [5.41, 5.74) is 1.04. The fourth-order valence-corrected chi connectivity index (χ4v) is 5.52. The summed E-state index contributed by atoms with van der Waals surface area (Å²) in [4.78, 5) is 0. The molecule has 4 N–H and O–H groups in total. The number of hydrogen-bond acceptors (Lipinski definition) is 4. The standard InChI is InChI=1S/C34H30O4/c35-31(29-17-25-13-21-7-1-3-9-23(21)15-27(25)19-33(29)37)11-5-6-12-32(36)30-18-26-14-22-8-2-4-10-24(22)16-28(26)20-34(30)38/h1-4,7-10,13-20,31-32,35-38H,5-6,11-12H2. The van der Waals surface area contributed by atoms with Gasteiger partial charge in [-0.1, -0.05) is 61.4 Å². The highest BCUT2D eigenvalue weighted by molar-refractivity contribution is 6.00. The Balaban J connectivity index is 1.12. The fourth-order valence-electron chi connectivity index (χ4n) is 5.52. The van der Waals surface area contributed by atoms with Crippen molar-refractivity contribution in [2.45, 2.75) is 37.9 Å². The normalized spacial score (nSPS) is 13.4. The Morgan fingerprint density at radius 3 is 1.08 bits per heavy atom. The Bertz CT molecular complexity index is 1660. The van der Waals surface area contributed by atoms with E-state index in [9.17, 15) is 20.4 Å². The van der Waals surface area contributed by atoms with Crippen LogP contribution in [-0.2, 0) is 0 Å². The topological polar surface area (TPSA) is 80.9 Å². The number of aliphatic hydroxyl groups excluding tert-OH is 2. The lowest BCUT2D eigenvalue weighted by Crippen LogP contribution is -2.01. The van der Waals surface area contributed by atoms with Crippen molar-refractivity contribution >= 4 is 43.1 Å². The molecule has 0 aliphatic heterocycles. The van der Waals surface area contributed by atoms with Crippen LogP contribution in [0.1, 0.15) is 49.0 Å². The number of aromatic hydroxyl groups is 2. The highest BCUT2D eigenvalue weighted by Gasteiger charge is 2.17. The highest BCUT2D eigenvalue weighted by Crippen LogP contribution is 2.36. The molecule has 0 fully saturated rings. The molecule has 6 aromatic carbocycles. The zero-order chi connectivity index (χ0) is 26.2. The van der Waals surface area contributed by atoms with E-state index in [4.69, 9.17) is 0 Å². The van der Waals surface area contributed by atoms with Gasteiger partial charge in [-0.15, -0.1) is 0 Å². The van der Waals surface area contributed by atoms with Gasteiger partial charge in [-0.05, 0) is 104 Å². The summed E-state index contributed by atoms with van der Waals surface area (Å²) in [7, 11) is 0. The van der Waals surface area contributed by atoms with Gasteiger partial charge in [0.1, 0.15) is 11.5 Å². The van der Waals surface area contributed by atoms with Crippen molar-refractivity contribution in [3.8, 4) is 11.5 Å². The Morgan fingerprint density at radius 1 is 0.421 bits per heavy atom. The maximum absolute atomic E-state index is 10.8. The molecule has 0 amide bonds. The molecule has 0 saturated carbocycles. The van der Waals surface area contributed by atoms with Gasteiger partial charge in [0.05, 0.1) is 12.2 Å². The lowest BCUT2D eigenvalue weighted by Gasteiger charge is -2.16. The lowest BCUT2D eigenvalue weighted by atomic mass is 9.95. The summed E-state index contributed by atoms with van der Waals surface area (Å²) < 4.78 is 0. The highest BCUT2D eigenvalue weighted by atomic mass is 16.3. The monoisotopic (exact) mass is 502 g/mol. The van der Waals surface area contributed by atoms with E-state index in [1.165, 1.54) is 0 Å². The molecule has 6 rings (SSSR count). The third-order valence-corrected chi connectivity index (χ3v) is 7.62. The minimum Gasteiger partial charge on any atom is -0.508 e. The van der Waals surface area contributed by atoms with E-state index < -0.39 is 12.2 Å².